The van der Waals surface area contributed by atoms with Crippen molar-refractivity contribution in [1.82, 2.24) is 9.80 Å². The number of halogens is 3. The molecule has 0 radical (unpaired) electrons. The normalized spacial score (nSPS) is 18.0. The number of nitrogens with zero attached hydrogens (tertiary/aromatic N) is 2. The Morgan fingerprint density at radius 2 is 2.08 bits per heavy atom. The van der Waals surface area contributed by atoms with E-state index < -0.39 is 30.6 Å². The van der Waals surface area contributed by atoms with Gasteiger partial charge in [0.05, 0.1) is 7.11 Å². The van der Waals surface area contributed by atoms with Crippen LogP contribution in [0, 0.1) is 6.92 Å². The van der Waals surface area contributed by atoms with Gasteiger partial charge in [0.15, 0.2) is 0 Å². The number of benzene rings is 1. The molecule has 8 heteroatoms. The summed E-state index contributed by atoms with van der Waals surface area (Å²) in [5, 5.41) is 0. The SMILES string of the molecule is COc1cc(C(=O)N(C)[C@@H]2CCN(CC(F)(F)F)C2=O)ccc1C. The van der Waals surface area contributed by atoms with E-state index in [0.29, 0.717) is 11.3 Å². The number of alkyl halides is 3. The average Bonchev–Trinajstić information content (AvgIpc) is 2.85. The van der Waals surface area contributed by atoms with Crippen molar-refractivity contribution in [2.24, 2.45) is 0 Å². The summed E-state index contributed by atoms with van der Waals surface area (Å²) >= 11 is 0. The quantitative estimate of drug-likeness (QED) is 0.842. The fourth-order valence-corrected chi connectivity index (χ4v) is 2.75. The first-order chi connectivity index (χ1) is 11.1. The minimum Gasteiger partial charge on any atom is -0.496 e. The molecule has 1 fully saturated rings. The fourth-order valence-electron chi connectivity index (χ4n) is 2.75. The number of carbonyl (C=O) groups excluding carboxylic acids is 2. The molecule has 2 rings (SSSR count). The van der Waals surface area contributed by atoms with Crippen molar-refractivity contribution in [2.75, 3.05) is 27.2 Å². The lowest BCUT2D eigenvalue weighted by atomic mass is 10.1. The fraction of sp³-hybridized carbons (Fsp3) is 0.500. The lowest BCUT2D eigenvalue weighted by Crippen LogP contribution is -2.44. The van der Waals surface area contributed by atoms with Crippen LogP contribution in [0.4, 0.5) is 13.2 Å². The molecule has 1 heterocycles. The second-order valence-corrected chi connectivity index (χ2v) is 5.78. The van der Waals surface area contributed by atoms with Crippen molar-refractivity contribution in [3.8, 4) is 5.75 Å². The van der Waals surface area contributed by atoms with Crippen molar-refractivity contribution < 1.29 is 27.5 Å². The van der Waals surface area contributed by atoms with Gasteiger partial charge in [-0.1, -0.05) is 6.07 Å². The largest absolute Gasteiger partial charge is 0.496 e. The Morgan fingerprint density at radius 3 is 2.67 bits per heavy atom. The van der Waals surface area contributed by atoms with Gasteiger partial charge in [-0.2, -0.15) is 13.2 Å². The van der Waals surface area contributed by atoms with E-state index in [0.717, 1.165) is 10.5 Å². The highest BCUT2D eigenvalue weighted by Gasteiger charge is 2.41. The van der Waals surface area contributed by atoms with E-state index in [2.05, 4.69) is 0 Å². The molecule has 0 unspecified atom stereocenters. The van der Waals surface area contributed by atoms with E-state index in [1.807, 2.05) is 6.92 Å². The lowest BCUT2D eigenvalue weighted by molar-refractivity contribution is -0.158. The van der Waals surface area contributed by atoms with Crippen LogP contribution in [0.25, 0.3) is 0 Å². The van der Waals surface area contributed by atoms with E-state index in [1.54, 1.807) is 18.2 Å². The van der Waals surface area contributed by atoms with Gasteiger partial charge in [-0.3, -0.25) is 9.59 Å². The summed E-state index contributed by atoms with van der Waals surface area (Å²) in [5.41, 5.74) is 1.17. The first-order valence-corrected chi connectivity index (χ1v) is 7.41. The molecule has 24 heavy (non-hydrogen) atoms. The van der Waals surface area contributed by atoms with Crippen molar-refractivity contribution in [3.63, 3.8) is 0 Å². The Labute approximate surface area is 138 Å². The summed E-state index contributed by atoms with van der Waals surface area (Å²) in [6.07, 6.45) is -4.27. The number of hydrogen-bond donors (Lipinski definition) is 0. The van der Waals surface area contributed by atoms with Crippen LogP contribution in [0.15, 0.2) is 18.2 Å². The zero-order valence-corrected chi connectivity index (χ0v) is 13.7. The Balaban J connectivity index is 2.13. The molecule has 0 aromatic heterocycles. The molecule has 1 aliphatic heterocycles. The summed E-state index contributed by atoms with van der Waals surface area (Å²) in [4.78, 5) is 26.6. The Kier molecular flexibility index (Phi) is 5.05. The number of likely N-dealkylation sites (tertiary alicyclic amines) is 1. The Hall–Kier alpha value is -2.25. The average molecular weight is 344 g/mol. The van der Waals surface area contributed by atoms with Crippen molar-refractivity contribution in [1.29, 1.82) is 0 Å². The van der Waals surface area contributed by atoms with E-state index >= 15 is 0 Å². The molecule has 1 atom stereocenters. The minimum absolute atomic E-state index is 0.0160. The zero-order chi connectivity index (χ0) is 18.1. The predicted octanol–water partition coefficient (Wildman–Crippen LogP) is 2.24. The number of likely N-dealkylation sites (N-methyl/N-ethyl adjacent to an activating group) is 1. The number of hydrogen-bond acceptors (Lipinski definition) is 3. The Morgan fingerprint density at radius 1 is 1.42 bits per heavy atom. The minimum atomic E-state index is -4.45. The Bertz CT molecular complexity index is 646. The second-order valence-electron chi connectivity index (χ2n) is 5.78. The maximum atomic E-state index is 12.5. The second kappa shape index (κ2) is 6.70. The predicted molar refractivity (Wildman–Crippen MR) is 80.9 cm³/mol. The first kappa shape index (κ1) is 18.1. The standard InChI is InChI=1S/C16H19F3N2O3/c1-10-4-5-11(8-13(10)24-3)14(22)20(2)12-6-7-21(15(12)23)9-16(17,18)19/h4-5,8,12H,6-7,9H2,1-3H3/t12-/m1/s1. The molecule has 0 saturated carbocycles. The van der Waals surface area contributed by atoms with Crippen molar-refractivity contribution in [2.45, 2.75) is 25.6 Å². The summed E-state index contributed by atoms with van der Waals surface area (Å²) in [6, 6.07) is 3.99. The third-order valence-corrected chi connectivity index (χ3v) is 4.08. The van der Waals surface area contributed by atoms with Gasteiger partial charge < -0.3 is 14.5 Å². The highest BCUT2D eigenvalue weighted by atomic mass is 19.4. The number of aryl methyl sites for hydroxylation is 1. The van der Waals surface area contributed by atoms with Crippen molar-refractivity contribution in [3.05, 3.63) is 29.3 Å². The molecule has 1 aromatic rings. The summed E-state index contributed by atoms with van der Waals surface area (Å²) < 4.78 is 42.6. The van der Waals surface area contributed by atoms with Crippen LogP contribution in [0.1, 0.15) is 22.3 Å². The molecule has 1 saturated heterocycles. The number of methoxy groups -OCH3 is 1. The van der Waals surface area contributed by atoms with Gasteiger partial charge in [0.1, 0.15) is 18.3 Å². The monoisotopic (exact) mass is 344 g/mol. The van der Waals surface area contributed by atoms with Gasteiger partial charge in [0.25, 0.3) is 5.91 Å². The van der Waals surface area contributed by atoms with Gasteiger partial charge in [-0.15, -0.1) is 0 Å². The third kappa shape index (κ3) is 3.80. The molecule has 0 aliphatic carbocycles. The molecule has 1 aliphatic rings. The molecule has 5 nitrogen and oxygen atoms in total. The molecule has 1 aromatic carbocycles. The van der Waals surface area contributed by atoms with Crippen molar-refractivity contribution >= 4 is 11.8 Å². The summed E-state index contributed by atoms with van der Waals surface area (Å²) in [5.74, 6) is -0.576. The first-order valence-electron chi connectivity index (χ1n) is 7.41. The van der Waals surface area contributed by atoms with Gasteiger partial charge in [-0.25, -0.2) is 0 Å². The molecule has 132 valence electrons. The van der Waals surface area contributed by atoms with Crippen LogP contribution in [-0.4, -0.2) is 61.1 Å². The molecule has 0 bridgehead atoms. The van der Waals surface area contributed by atoms with E-state index in [9.17, 15) is 22.8 Å². The van der Waals surface area contributed by atoms with E-state index in [-0.39, 0.29) is 13.0 Å². The number of rotatable bonds is 4. The van der Waals surface area contributed by atoms with Crippen LogP contribution in [0.5, 0.6) is 5.75 Å². The van der Waals surface area contributed by atoms with Crippen LogP contribution >= 0.6 is 0 Å². The lowest BCUT2D eigenvalue weighted by Gasteiger charge is -2.24. The van der Waals surface area contributed by atoms with Crippen LogP contribution in [0.3, 0.4) is 0 Å². The summed E-state index contributed by atoms with van der Waals surface area (Å²) in [7, 11) is 2.91. The maximum absolute atomic E-state index is 12.5. The van der Waals surface area contributed by atoms with Gasteiger partial charge in [0, 0.05) is 19.2 Å². The van der Waals surface area contributed by atoms with Crippen LogP contribution in [0.2, 0.25) is 0 Å². The molecule has 0 spiro atoms. The number of ether oxygens (including phenoxy) is 1. The smallest absolute Gasteiger partial charge is 0.406 e. The van der Waals surface area contributed by atoms with Crippen LogP contribution < -0.4 is 4.74 Å². The van der Waals surface area contributed by atoms with Gasteiger partial charge in [-0.05, 0) is 31.0 Å². The highest BCUT2D eigenvalue weighted by Crippen LogP contribution is 2.25. The topological polar surface area (TPSA) is 49.9 Å². The number of carbonyl (C=O) groups is 2. The van der Waals surface area contributed by atoms with Crippen LogP contribution in [-0.2, 0) is 4.79 Å². The molecule has 2 amide bonds. The highest BCUT2D eigenvalue weighted by molar-refractivity contribution is 5.98. The van der Waals surface area contributed by atoms with Gasteiger partial charge >= 0.3 is 6.18 Å². The third-order valence-electron chi connectivity index (χ3n) is 4.08. The molecule has 0 N–H and O–H groups in total. The van der Waals surface area contributed by atoms with Gasteiger partial charge in [0.2, 0.25) is 5.91 Å². The molecular weight excluding hydrogens is 325 g/mol. The van der Waals surface area contributed by atoms with E-state index in [1.165, 1.54) is 19.1 Å². The summed E-state index contributed by atoms with van der Waals surface area (Å²) in [6.45, 7) is 0.521. The van der Waals surface area contributed by atoms with E-state index in [4.69, 9.17) is 4.74 Å². The zero-order valence-electron chi connectivity index (χ0n) is 13.7. The number of amides is 2. The molecular formula is C16H19F3N2O3. The maximum Gasteiger partial charge on any atom is 0.406 e.